The van der Waals surface area contributed by atoms with Gasteiger partial charge in [0.25, 0.3) is 0 Å². The van der Waals surface area contributed by atoms with Gasteiger partial charge in [0, 0.05) is 17.7 Å². The molecule has 122 valence electrons. The van der Waals surface area contributed by atoms with Crippen LogP contribution in [0.25, 0.3) is 0 Å². The van der Waals surface area contributed by atoms with Crippen LogP contribution in [0.5, 0.6) is 0 Å². The van der Waals surface area contributed by atoms with Gasteiger partial charge >= 0.3 is 0 Å². The molecule has 0 aromatic heterocycles. The average molecular weight is 306 g/mol. The molecule has 0 spiro atoms. The topological polar surface area (TPSA) is 39.7 Å². The smallest absolute Gasteiger partial charge is 0.0796 e. The second-order valence-corrected chi connectivity index (χ2v) is 5.44. The van der Waals surface area contributed by atoms with Crippen LogP contribution in [0, 0.1) is 0 Å². The van der Waals surface area contributed by atoms with Gasteiger partial charge in [-0.3, -0.25) is 0 Å². The number of nitrogens with one attached hydrogen (secondary N) is 2. The number of hydrazine groups is 1. The molecule has 0 saturated heterocycles. The summed E-state index contributed by atoms with van der Waals surface area (Å²) in [6.45, 7) is 15.4. The maximum absolute atomic E-state index is 13.0. The summed E-state index contributed by atoms with van der Waals surface area (Å²) in [6.07, 6.45) is 3.55. The van der Waals surface area contributed by atoms with Crippen LogP contribution >= 0.6 is 0 Å². The normalized spacial score (nSPS) is 16.6. The minimum Gasteiger partial charge on any atom is -0.303 e. The SMILES string of the molecule is C=CC1=C(CC)C(C(C)=NF)=C(CN(C)CCC)NNC1=C. The molecule has 0 atom stereocenters. The van der Waals surface area contributed by atoms with Gasteiger partial charge in [0.05, 0.1) is 17.1 Å². The molecule has 1 aliphatic heterocycles. The van der Waals surface area contributed by atoms with Gasteiger partial charge in [0.2, 0.25) is 0 Å². The van der Waals surface area contributed by atoms with Crippen LogP contribution in [-0.4, -0.2) is 30.7 Å². The molecule has 22 heavy (non-hydrogen) atoms. The fourth-order valence-corrected chi connectivity index (χ4v) is 2.72. The summed E-state index contributed by atoms with van der Waals surface area (Å²) in [7, 11) is 2.04. The number of hydrogen-bond acceptors (Lipinski definition) is 4. The number of rotatable bonds is 7. The third kappa shape index (κ3) is 4.07. The fraction of sp³-hybridized carbons (Fsp3) is 0.471. The fourth-order valence-electron chi connectivity index (χ4n) is 2.72. The second-order valence-electron chi connectivity index (χ2n) is 5.44. The van der Waals surface area contributed by atoms with Gasteiger partial charge in [-0.05, 0) is 38.9 Å². The summed E-state index contributed by atoms with van der Waals surface area (Å²) in [5.41, 5.74) is 10.9. The summed E-state index contributed by atoms with van der Waals surface area (Å²) in [5, 5.41) is 2.92. The molecule has 0 saturated carbocycles. The van der Waals surface area contributed by atoms with E-state index < -0.39 is 0 Å². The van der Waals surface area contributed by atoms with Crippen LogP contribution < -0.4 is 10.9 Å². The van der Waals surface area contributed by atoms with E-state index in [1.54, 1.807) is 13.0 Å². The Balaban J connectivity index is 3.43. The van der Waals surface area contributed by atoms with Gasteiger partial charge in [-0.2, -0.15) is 0 Å². The molecule has 0 radical (unpaired) electrons. The van der Waals surface area contributed by atoms with E-state index in [0.717, 1.165) is 47.5 Å². The summed E-state index contributed by atoms with van der Waals surface area (Å²) >= 11 is 0. The van der Waals surface area contributed by atoms with Crippen molar-refractivity contribution in [3.05, 3.63) is 47.3 Å². The van der Waals surface area contributed by atoms with Crippen LogP contribution in [0.4, 0.5) is 4.48 Å². The Hall–Kier alpha value is -1.88. The monoisotopic (exact) mass is 306 g/mol. The van der Waals surface area contributed by atoms with E-state index in [9.17, 15) is 4.48 Å². The molecular formula is C17H27FN4. The second kappa shape index (κ2) is 8.54. The van der Waals surface area contributed by atoms with E-state index in [0.29, 0.717) is 12.3 Å². The summed E-state index contributed by atoms with van der Waals surface area (Å²) in [5.74, 6) is 0. The van der Waals surface area contributed by atoms with Crippen LogP contribution in [0.1, 0.15) is 33.6 Å². The van der Waals surface area contributed by atoms with Crippen molar-refractivity contribution in [3.63, 3.8) is 0 Å². The number of allylic oxidation sites excluding steroid dienone is 3. The Bertz CT molecular complexity index is 529. The van der Waals surface area contributed by atoms with Gasteiger partial charge in [0.1, 0.15) is 0 Å². The first-order chi connectivity index (χ1) is 10.5. The number of hydrogen-bond donors (Lipinski definition) is 2. The highest BCUT2D eigenvalue weighted by molar-refractivity contribution is 6.03. The highest BCUT2D eigenvalue weighted by Gasteiger charge is 2.22. The summed E-state index contributed by atoms with van der Waals surface area (Å²) in [6, 6.07) is 0. The molecule has 0 bridgehead atoms. The molecule has 0 aliphatic carbocycles. The molecule has 1 heterocycles. The zero-order chi connectivity index (χ0) is 16.7. The van der Waals surface area contributed by atoms with E-state index in [4.69, 9.17) is 0 Å². The van der Waals surface area contributed by atoms with Crippen LogP contribution in [0.2, 0.25) is 0 Å². The number of halogens is 1. The van der Waals surface area contributed by atoms with Crippen LogP contribution in [0.15, 0.2) is 52.6 Å². The van der Waals surface area contributed by atoms with Crippen molar-refractivity contribution < 1.29 is 4.48 Å². The van der Waals surface area contributed by atoms with Gasteiger partial charge in [-0.25, -0.2) is 0 Å². The molecule has 0 aromatic carbocycles. The predicted molar refractivity (Wildman–Crippen MR) is 92.0 cm³/mol. The number of nitrogens with zero attached hydrogens (tertiary/aromatic N) is 2. The van der Waals surface area contributed by atoms with Gasteiger partial charge < -0.3 is 15.8 Å². The first-order valence-electron chi connectivity index (χ1n) is 7.64. The third-order valence-electron chi connectivity index (χ3n) is 3.70. The first kappa shape index (κ1) is 18.2. The summed E-state index contributed by atoms with van der Waals surface area (Å²) in [4.78, 5) is 2.18. The van der Waals surface area contributed by atoms with Gasteiger partial charge in [-0.1, -0.05) is 42.8 Å². The summed E-state index contributed by atoms with van der Waals surface area (Å²) < 4.78 is 13.0. The van der Waals surface area contributed by atoms with Crippen LogP contribution in [0.3, 0.4) is 0 Å². The first-order valence-corrected chi connectivity index (χ1v) is 7.64. The van der Waals surface area contributed by atoms with Crippen molar-refractivity contribution >= 4 is 5.71 Å². The average Bonchev–Trinajstić information content (AvgIpc) is 2.63. The Kier molecular flexibility index (Phi) is 7.05. The maximum atomic E-state index is 13.0. The molecular weight excluding hydrogens is 279 g/mol. The van der Waals surface area contributed by atoms with E-state index >= 15 is 0 Å². The molecule has 5 heteroatoms. The molecule has 1 rings (SSSR count). The standard InChI is InChI=1S/C17H27FN4/c1-7-10-22(6)11-16-17(13(5)19-18)15(9-3)14(8-2)12(4)20-21-16/h8,20-21H,2,4,7,9-11H2,1,3,5-6H3. The largest absolute Gasteiger partial charge is 0.303 e. The highest BCUT2D eigenvalue weighted by atomic mass is 19.2. The lowest BCUT2D eigenvalue weighted by Crippen LogP contribution is -2.36. The minimum atomic E-state index is 0.361. The lowest BCUT2D eigenvalue weighted by molar-refractivity contribution is 0.351. The lowest BCUT2D eigenvalue weighted by Gasteiger charge is -2.22. The Morgan fingerprint density at radius 2 is 2.05 bits per heavy atom. The van der Waals surface area contributed by atoms with E-state index in [1.165, 1.54) is 0 Å². The van der Waals surface area contributed by atoms with Gasteiger partial charge in [0.15, 0.2) is 0 Å². The highest BCUT2D eigenvalue weighted by Crippen LogP contribution is 2.28. The van der Waals surface area contributed by atoms with Crippen molar-refractivity contribution in [2.24, 2.45) is 5.21 Å². The van der Waals surface area contributed by atoms with E-state index in [1.807, 2.05) is 14.0 Å². The molecule has 0 unspecified atom stereocenters. The third-order valence-corrected chi connectivity index (χ3v) is 3.70. The van der Waals surface area contributed by atoms with Gasteiger partial charge in [-0.15, -0.1) is 0 Å². The molecule has 4 nitrogen and oxygen atoms in total. The molecule has 2 N–H and O–H groups in total. The predicted octanol–water partition coefficient (Wildman–Crippen LogP) is 3.44. The van der Waals surface area contributed by atoms with Crippen molar-refractivity contribution in [2.45, 2.75) is 33.6 Å². The van der Waals surface area contributed by atoms with Crippen molar-refractivity contribution in [1.29, 1.82) is 0 Å². The number of likely N-dealkylation sites (N-methyl/N-ethyl adjacent to an activating group) is 1. The van der Waals surface area contributed by atoms with Crippen molar-refractivity contribution in [2.75, 3.05) is 20.1 Å². The van der Waals surface area contributed by atoms with E-state index in [2.05, 4.69) is 41.0 Å². The molecule has 0 fully saturated rings. The van der Waals surface area contributed by atoms with Crippen LogP contribution in [-0.2, 0) is 0 Å². The molecule has 0 amide bonds. The molecule has 0 aromatic rings. The van der Waals surface area contributed by atoms with E-state index in [-0.39, 0.29) is 0 Å². The molecule has 1 aliphatic rings. The zero-order valence-corrected chi connectivity index (χ0v) is 14.1. The quantitative estimate of drug-likeness (QED) is 0.708. The maximum Gasteiger partial charge on any atom is 0.0796 e. The Morgan fingerprint density at radius 1 is 1.36 bits per heavy atom. The zero-order valence-electron chi connectivity index (χ0n) is 14.1. The Morgan fingerprint density at radius 3 is 2.55 bits per heavy atom. The Labute approximate surface area is 133 Å². The minimum absolute atomic E-state index is 0.361. The van der Waals surface area contributed by atoms with Crippen molar-refractivity contribution in [1.82, 2.24) is 15.8 Å². The lowest BCUT2D eigenvalue weighted by atomic mass is 9.92. The van der Waals surface area contributed by atoms with Crippen molar-refractivity contribution in [3.8, 4) is 0 Å².